The van der Waals surface area contributed by atoms with Crippen LogP contribution in [0, 0.1) is 11.8 Å². The fourth-order valence-corrected chi connectivity index (χ4v) is 4.90. The molecular weight excluding hydrogens is 451 g/mol. The van der Waals surface area contributed by atoms with Gasteiger partial charge in [0.2, 0.25) is 5.91 Å². The standard InChI is InChI=1S/C20H26F3N3O5S/c1-32(29,30)17-3-2-15(10-16(17)20(21,22)23)31-12-13-4-7-25(8-5-13)19(28)26-9-6-14(11-26)18(24)27/h2-3,10,13-14H,4-9,11-12H2,1H3,(H2,24,27)/t14-/m0/s1. The molecule has 0 bridgehead atoms. The number of amides is 3. The summed E-state index contributed by atoms with van der Waals surface area (Å²) in [5, 5.41) is 0. The Morgan fingerprint density at radius 1 is 1.12 bits per heavy atom. The normalized spacial score (nSPS) is 20.4. The molecule has 3 amide bonds. The summed E-state index contributed by atoms with van der Waals surface area (Å²) in [7, 11) is -4.04. The molecule has 0 aliphatic carbocycles. The highest BCUT2D eigenvalue weighted by Gasteiger charge is 2.37. The first-order valence-electron chi connectivity index (χ1n) is 10.2. The second kappa shape index (κ2) is 9.16. The highest BCUT2D eigenvalue weighted by Crippen LogP contribution is 2.36. The van der Waals surface area contributed by atoms with Gasteiger partial charge in [0.05, 0.1) is 23.0 Å². The number of piperidine rings is 1. The van der Waals surface area contributed by atoms with Gasteiger partial charge in [-0.3, -0.25) is 4.79 Å². The molecule has 2 heterocycles. The van der Waals surface area contributed by atoms with Crippen molar-refractivity contribution in [2.45, 2.75) is 30.3 Å². The van der Waals surface area contributed by atoms with Crippen LogP contribution in [-0.2, 0) is 20.8 Å². The van der Waals surface area contributed by atoms with E-state index in [-0.39, 0.29) is 30.2 Å². The molecule has 0 spiro atoms. The molecule has 32 heavy (non-hydrogen) atoms. The molecule has 1 aromatic carbocycles. The van der Waals surface area contributed by atoms with E-state index in [1.54, 1.807) is 9.80 Å². The minimum Gasteiger partial charge on any atom is -0.493 e. The molecule has 2 aliphatic rings. The Kier molecular flexibility index (Phi) is 6.91. The summed E-state index contributed by atoms with van der Waals surface area (Å²) in [5.41, 5.74) is 4.05. The molecule has 2 fully saturated rings. The van der Waals surface area contributed by atoms with E-state index in [9.17, 15) is 31.2 Å². The number of urea groups is 1. The van der Waals surface area contributed by atoms with Crippen molar-refractivity contribution in [2.75, 3.05) is 39.0 Å². The van der Waals surface area contributed by atoms with Crippen LogP contribution >= 0.6 is 0 Å². The maximum absolute atomic E-state index is 13.3. The van der Waals surface area contributed by atoms with Crippen LogP contribution in [0.1, 0.15) is 24.8 Å². The van der Waals surface area contributed by atoms with Crippen LogP contribution < -0.4 is 10.5 Å². The number of likely N-dealkylation sites (tertiary alicyclic amines) is 2. The van der Waals surface area contributed by atoms with Crippen LogP contribution in [-0.4, -0.2) is 69.2 Å². The third kappa shape index (κ3) is 5.64. The van der Waals surface area contributed by atoms with Gasteiger partial charge in [-0.15, -0.1) is 0 Å². The molecule has 0 unspecified atom stereocenters. The van der Waals surface area contributed by atoms with Crippen LogP contribution in [0.4, 0.5) is 18.0 Å². The third-order valence-electron chi connectivity index (χ3n) is 5.89. The van der Waals surface area contributed by atoms with E-state index in [1.807, 2.05) is 0 Å². The molecule has 8 nitrogen and oxygen atoms in total. The lowest BCUT2D eigenvalue weighted by Gasteiger charge is -2.34. The summed E-state index contributed by atoms with van der Waals surface area (Å²) >= 11 is 0. The maximum Gasteiger partial charge on any atom is 0.417 e. The zero-order valence-corrected chi connectivity index (χ0v) is 18.4. The van der Waals surface area contributed by atoms with Crippen molar-refractivity contribution in [1.82, 2.24) is 9.80 Å². The molecule has 0 radical (unpaired) electrons. The van der Waals surface area contributed by atoms with Crippen LogP contribution in [0.25, 0.3) is 0 Å². The predicted molar refractivity (Wildman–Crippen MR) is 109 cm³/mol. The first-order valence-corrected chi connectivity index (χ1v) is 12.1. The molecule has 3 rings (SSSR count). The van der Waals surface area contributed by atoms with E-state index in [4.69, 9.17) is 10.5 Å². The summed E-state index contributed by atoms with van der Waals surface area (Å²) in [5.74, 6) is -0.743. The average Bonchev–Trinajstić information content (AvgIpc) is 3.21. The molecule has 12 heteroatoms. The van der Waals surface area contributed by atoms with Gasteiger partial charge in [-0.1, -0.05) is 0 Å². The van der Waals surface area contributed by atoms with Gasteiger partial charge in [-0.2, -0.15) is 13.2 Å². The number of hydrogen-bond donors (Lipinski definition) is 1. The lowest BCUT2D eigenvalue weighted by Crippen LogP contribution is -2.46. The molecule has 0 saturated carbocycles. The number of nitrogens with zero attached hydrogens (tertiary/aromatic N) is 2. The Morgan fingerprint density at radius 3 is 2.28 bits per heavy atom. The van der Waals surface area contributed by atoms with E-state index in [1.165, 1.54) is 6.07 Å². The monoisotopic (exact) mass is 477 g/mol. The number of ether oxygens (including phenoxy) is 1. The molecule has 178 valence electrons. The van der Waals surface area contributed by atoms with E-state index in [2.05, 4.69) is 0 Å². The molecule has 2 saturated heterocycles. The number of nitrogens with two attached hydrogens (primary N) is 1. The number of primary amides is 1. The minimum absolute atomic E-state index is 0.0416. The molecule has 1 aromatic rings. The Hall–Kier alpha value is -2.50. The lowest BCUT2D eigenvalue weighted by molar-refractivity contribution is -0.140. The van der Waals surface area contributed by atoms with E-state index < -0.39 is 32.4 Å². The molecular formula is C20H26F3N3O5S. The van der Waals surface area contributed by atoms with E-state index in [0.717, 1.165) is 12.3 Å². The van der Waals surface area contributed by atoms with Gasteiger partial charge in [0.25, 0.3) is 0 Å². The van der Waals surface area contributed by atoms with Crippen molar-refractivity contribution in [3.63, 3.8) is 0 Å². The number of benzene rings is 1. The third-order valence-corrected chi connectivity index (χ3v) is 7.04. The Labute approximate surface area is 184 Å². The van der Waals surface area contributed by atoms with Gasteiger partial charge < -0.3 is 20.3 Å². The smallest absolute Gasteiger partial charge is 0.417 e. The predicted octanol–water partition coefficient (Wildman–Crippen LogP) is 2.13. The van der Waals surface area contributed by atoms with Crippen molar-refractivity contribution in [3.05, 3.63) is 23.8 Å². The fraction of sp³-hybridized carbons (Fsp3) is 0.600. The summed E-state index contributed by atoms with van der Waals surface area (Å²) in [4.78, 5) is 26.4. The first-order chi connectivity index (χ1) is 14.9. The molecule has 0 aromatic heterocycles. The molecule has 1 atom stereocenters. The average molecular weight is 478 g/mol. The largest absolute Gasteiger partial charge is 0.493 e. The first kappa shape index (κ1) is 24.1. The second-order valence-corrected chi connectivity index (χ2v) is 10.3. The van der Waals surface area contributed by atoms with Gasteiger partial charge in [-0.05, 0) is 43.4 Å². The number of carbonyl (C=O) groups is 2. The molecule has 2 aliphatic heterocycles. The van der Waals surface area contributed by atoms with Crippen molar-refractivity contribution >= 4 is 21.8 Å². The van der Waals surface area contributed by atoms with Crippen molar-refractivity contribution in [1.29, 1.82) is 0 Å². The van der Waals surface area contributed by atoms with Crippen molar-refractivity contribution in [2.24, 2.45) is 17.6 Å². The zero-order valence-electron chi connectivity index (χ0n) is 17.6. The Bertz CT molecular complexity index is 975. The van der Waals surface area contributed by atoms with Gasteiger partial charge in [0, 0.05) is 32.4 Å². The van der Waals surface area contributed by atoms with Crippen LogP contribution in [0.15, 0.2) is 23.1 Å². The summed E-state index contributed by atoms with van der Waals surface area (Å²) in [6, 6.07) is 2.69. The van der Waals surface area contributed by atoms with Crippen LogP contribution in [0.2, 0.25) is 0 Å². The SMILES string of the molecule is CS(=O)(=O)c1ccc(OCC2CCN(C(=O)N3CC[C@H](C(N)=O)C3)CC2)cc1C(F)(F)F. The highest BCUT2D eigenvalue weighted by molar-refractivity contribution is 7.90. The summed E-state index contributed by atoms with van der Waals surface area (Å²) in [6.45, 7) is 1.92. The number of hydrogen-bond acceptors (Lipinski definition) is 5. The van der Waals surface area contributed by atoms with Gasteiger partial charge in [0.15, 0.2) is 9.84 Å². The van der Waals surface area contributed by atoms with E-state index >= 15 is 0 Å². The number of carbonyl (C=O) groups excluding carboxylic acids is 2. The highest BCUT2D eigenvalue weighted by atomic mass is 32.2. The Morgan fingerprint density at radius 2 is 1.75 bits per heavy atom. The van der Waals surface area contributed by atoms with Crippen molar-refractivity contribution < 1.29 is 35.9 Å². The van der Waals surface area contributed by atoms with Crippen LogP contribution in [0.3, 0.4) is 0 Å². The fourth-order valence-electron chi connectivity index (χ4n) is 4.01. The van der Waals surface area contributed by atoms with Crippen molar-refractivity contribution in [3.8, 4) is 5.75 Å². The number of sulfone groups is 1. The number of halogens is 3. The molecule has 2 N–H and O–H groups in total. The number of rotatable bonds is 5. The Balaban J connectivity index is 1.54. The van der Waals surface area contributed by atoms with Gasteiger partial charge >= 0.3 is 12.2 Å². The number of alkyl halides is 3. The topological polar surface area (TPSA) is 110 Å². The van der Waals surface area contributed by atoms with Gasteiger partial charge in [-0.25, -0.2) is 13.2 Å². The maximum atomic E-state index is 13.3. The van der Waals surface area contributed by atoms with Crippen LogP contribution in [0.5, 0.6) is 5.75 Å². The lowest BCUT2D eigenvalue weighted by atomic mass is 9.98. The quantitative estimate of drug-likeness (QED) is 0.699. The van der Waals surface area contributed by atoms with Gasteiger partial charge in [0.1, 0.15) is 5.75 Å². The zero-order chi connectivity index (χ0) is 23.7. The minimum atomic E-state index is -4.83. The van der Waals surface area contributed by atoms with E-state index in [0.29, 0.717) is 51.5 Å². The second-order valence-electron chi connectivity index (χ2n) is 8.29. The summed E-state index contributed by atoms with van der Waals surface area (Å²) in [6.07, 6.45) is -2.31. The summed E-state index contributed by atoms with van der Waals surface area (Å²) < 4.78 is 68.7.